The molecule has 0 aliphatic heterocycles. The Morgan fingerprint density at radius 1 is 1.26 bits per heavy atom. The van der Waals surface area contributed by atoms with E-state index in [0.717, 1.165) is 17.0 Å². The largest absolute Gasteiger partial charge is 0.451 e. The number of nitrogens with one attached hydrogen (secondary N) is 1. The molecular weight excluding hydrogens is 312 g/mol. The lowest BCUT2D eigenvalue weighted by atomic mass is 10.1. The average Bonchev–Trinajstić information content (AvgIpc) is 3.02. The molecule has 0 radical (unpaired) electrons. The van der Waals surface area contributed by atoms with Gasteiger partial charge in [-0.15, -0.1) is 11.3 Å². The van der Waals surface area contributed by atoms with Gasteiger partial charge in [0.05, 0.1) is 0 Å². The van der Waals surface area contributed by atoms with E-state index >= 15 is 0 Å². The molecule has 23 heavy (non-hydrogen) atoms. The van der Waals surface area contributed by atoms with E-state index in [2.05, 4.69) is 17.2 Å². The first kappa shape index (κ1) is 17.1. The second-order valence-electron chi connectivity index (χ2n) is 5.39. The molecule has 1 aromatic carbocycles. The van der Waals surface area contributed by atoms with Crippen LogP contribution in [0.3, 0.4) is 0 Å². The number of thiazole rings is 1. The van der Waals surface area contributed by atoms with Gasteiger partial charge < -0.3 is 10.1 Å². The molecule has 0 aliphatic carbocycles. The van der Waals surface area contributed by atoms with Crippen LogP contribution in [-0.4, -0.2) is 29.5 Å². The summed E-state index contributed by atoms with van der Waals surface area (Å²) >= 11 is 1.38. The molecule has 5 nitrogen and oxygen atoms in total. The predicted molar refractivity (Wildman–Crippen MR) is 90.5 cm³/mol. The zero-order valence-corrected chi connectivity index (χ0v) is 14.3. The normalized spacial score (nSPS) is 10.6. The Morgan fingerprint density at radius 2 is 1.96 bits per heavy atom. The van der Waals surface area contributed by atoms with Crippen molar-refractivity contribution < 1.29 is 14.3 Å². The summed E-state index contributed by atoms with van der Waals surface area (Å²) in [7, 11) is 0. The number of rotatable bonds is 6. The van der Waals surface area contributed by atoms with Crippen molar-refractivity contribution in [2.24, 2.45) is 0 Å². The van der Waals surface area contributed by atoms with E-state index in [1.165, 1.54) is 16.9 Å². The second-order valence-corrected chi connectivity index (χ2v) is 6.24. The molecule has 1 aromatic heterocycles. The van der Waals surface area contributed by atoms with Crippen molar-refractivity contribution in [1.29, 1.82) is 0 Å². The Balaban J connectivity index is 1.97. The maximum Gasteiger partial charge on any atom is 0.358 e. The van der Waals surface area contributed by atoms with Crippen molar-refractivity contribution in [1.82, 2.24) is 10.3 Å². The molecule has 0 aliphatic rings. The van der Waals surface area contributed by atoms with E-state index in [1.54, 1.807) is 5.38 Å². The minimum absolute atomic E-state index is 0.0122. The van der Waals surface area contributed by atoms with Crippen LogP contribution in [0.2, 0.25) is 0 Å². The molecule has 1 heterocycles. The predicted octanol–water partition coefficient (Wildman–Crippen LogP) is 3.05. The van der Waals surface area contributed by atoms with Gasteiger partial charge in [-0.2, -0.15) is 0 Å². The maximum absolute atomic E-state index is 11.9. The zero-order chi connectivity index (χ0) is 16.8. The monoisotopic (exact) mass is 332 g/mol. The Morgan fingerprint density at radius 3 is 2.57 bits per heavy atom. The van der Waals surface area contributed by atoms with E-state index < -0.39 is 5.97 Å². The minimum atomic E-state index is -0.586. The third kappa shape index (κ3) is 4.89. The molecule has 0 unspecified atom stereocenters. The van der Waals surface area contributed by atoms with Gasteiger partial charge in [-0.1, -0.05) is 31.2 Å². The van der Waals surface area contributed by atoms with Gasteiger partial charge in [0.2, 0.25) is 0 Å². The summed E-state index contributed by atoms with van der Waals surface area (Å²) in [4.78, 5) is 27.7. The molecule has 2 aromatic rings. The molecule has 2 rings (SSSR count). The van der Waals surface area contributed by atoms with E-state index in [0.29, 0.717) is 0 Å². The first-order chi connectivity index (χ1) is 11.0. The highest BCUT2D eigenvalue weighted by atomic mass is 32.1. The lowest BCUT2D eigenvalue weighted by Crippen LogP contribution is -2.34. The topological polar surface area (TPSA) is 68.3 Å². The third-order valence-electron chi connectivity index (χ3n) is 3.11. The number of nitrogens with zero attached hydrogens (tertiary/aromatic N) is 1. The van der Waals surface area contributed by atoms with Crippen molar-refractivity contribution in [2.75, 3.05) is 6.61 Å². The number of hydrogen-bond acceptors (Lipinski definition) is 5. The summed E-state index contributed by atoms with van der Waals surface area (Å²) in [5, 5.41) is 5.06. The van der Waals surface area contributed by atoms with Crippen LogP contribution < -0.4 is 5.32 Å². The van der Waals surface area contributed by atoms with Crippen LogP contribution in [-0.2, 0) is 16.0 Å². The number of hydrogen-bond donors (Lipinski definition) is 1. The van der Waals surface area contributed by atoms with Gasteiger partial charge in [-0.05, 0) is 25.8 Å². The van der Waals surface area contributed by atoms with Crippen LogP contribution in [0.4, 0.5) is 0 Å². The van der Waals surface area contributed by atoms with Gasteiger partial charge in [0.1, 0.15) is 5.01 Å². The highest BCUT2D eigenvalue weighted by Crippen LogP contribution is 2.24. The first-order valence-electron chi connectivity index (χ1n) is 7.51. The van der Waals surface area contributed by atoms with Gasteiger partial charge in [0.25, 0.3) is 5.91 Å². The molecular formula is C17H20N2O3S. The van der Waals surface area contributed by atoms with Crippen LogP contribution in [0.15, 0.2) is 29.6 Å². The average molecular weight is 332 g/mol. The van der Waals surface area contributed by atoms with E-state index in [4.69, 9.17) is 4.74 Å². The van der Waals surface area contributed by atoms with Gasteiger partial charge in [0, 0.05) is 17.0 Å². The van der Waals surface area contributed by atoms with Crippen LogP contribution in [0.25, 0.3) is 10.6 Å². The highest BCUT2D eigenvalue weighted by molar-refractivity contribution is 7.13. The van der Waals surface area contributed by atoms with Gasteiger partial charge in [-0.25, -0.2) is 9.78 Å². The summed E-state index contributed by atoms with van der Waals surface area (Å²) in [6.45, 7) is 5.49. The summed E-state index contributed by atoms with van der Waals surface area (Å²) < 4.78 is 4.97. The summed E-state index contributed by atoms with van der Waals surface area (Å²) in [5.74, 6) is -0.907. The van der Waals surface area contributed by atoms with Crippen LogP contribution in [0, 0.1) is 0 Å². The highest BCUT2D eigenvalue weighted by Gasteiger charge is 2.15. The molecule has 0 saturated heterocycles. The first-order valence-corrected chi connectivity index (χ1v) is 8.39. The fourth-order valence-electron chi connectivity index (χ4n) is 1.95. The van der Waals surface area contributed by atoms with Gasteiger partial charge in [0.15, 0.2) is 12.3 Å². The standard InChI is InChI=1S/C17H20N2O3S/c1-4-12-5-7-13(8-6-12)16-19-14(10-23-16)17(21)22-9-15(20)18-11(2)3/h5-8,10-11H,4,9H2,1-3H3,(H,18,20). The Bertz CT molecular complexity index is 677. The lowest BCUT2D eigenvalue weighted by Gasteiger charge is -2.07. The number of ether oxygens (including phenoxy) is 1. The third-order valence-corrected chi connectivity index (χ3v) is 4.00. The Hall–Kier alpha value is -2.21. The Kier molecular flexibility index (Phi) is 5.87. The van der Waals surface area contributed by atoms with Crippen LogP contribution in [0.1, 0.15) is 36.8 Å². The quantitative estimate of drug-likeness (QED) is 0.826. The minimum Gasteiger partial charge on any atom is -0.451 e. The van der Waals surface area contributed by atoms with Crippen molar-refractivity contribution in [3.63, 3.8) is 0 Å². The van der Waals surface area contributed by atoms with Gasteiger partial charge >= 0.3 is 5.97 Å². The molecule has 1 N–H and O–H groups in total. The molecule has 0 fully saturated rings. The fourth-order valence-corrected chi connectivity index (χ4v) is 2.75. The number of amides is 1. The summed E-state index contributed by atoms with van der Waals surface area (Å²) in [6.07, 6.45) is 0.980. The van der Waals surface area contributed by atoms with Gasteiger partial charge in [-0.3, -0.25) is 4.79 Å². The molecule has 0 bridgehead atoms. The number of carbonyl (C=O) groups is 2. The molecule has 122 valence electrons. The SMILES string of the molecule is CCc1ccc(-c2nc(C(=O)OCC(=O)NC(C)C)cs2)cc1. The maximum atomic E-state index is 11.9. The second kappa shape index (κ2) is 7.87. The number of benzene rings is 1. The van der Waals surface area contributed by atoms with E-state index in [9.17, 15) is 9.59 Å². The van der Waals surface area contributed by atoms with E-state index in [-0.39, 0.29) is 24.2 Å². The zero-order valence-electron chi connectivity index (χ0n) is 13.5. The Labute approximate surface area is 139 Å². The fraction of sp³-hybridized carbons (Fsp3) is 0.353. The summed E-state index contributed by atoms with van der Waals surface area (Å²) in [6, 6.07) is 8.08. The number of carbonyl (C=O) groups excluding carboxylic acids is 2. The molecule has 1 amide bonds. The van der Waals surface area contributed by atoms with Crippen molar-refractivity contribution >= 4 is 23.2 Å². The van der Waals surface area contributed by atoms with E-state index in [1.807, 2.05) is 38.1 Å². The number of esters is 1. The van der Waals surface area contributed by atoms with Crippen LogP contribution in [0.5, 0.6) is 0 Å². The van der Waals surface area contributed by atoms with Crippen molar-refractivity contribution in [2.45, 2.75) is 33.2 Å². The summed E-state index contributed by atoms with van der Waals surface area (Å²) in [5.41, 5.74) is 2.44. The van der Waals surface area contributed by atoms with Crippen LogP contribution >= 0.6 is 11.3 Å². The smallest absolute Gasteiger partial charge is 0.358 e. The number of aryl methyl sites for hydroxylation is 1. The molecule has 0 saturated carbocycles. The van der Waals surface area contributed by atoms with Crippen molar-refractivity contribution in [3.05, 3.63) is 40.9 Å². The lowest BCUT2D eigenvalue weighted by molar-refractivity contribution is -0.124. The molecule has 0 atom stereocenters. The molecule has 0 spiro atoms. The molecule has 6 heteroatoms. The number of aromatic nitrogens is 1. The van der Waals surface area contributed by atoms with Crippen molar-refractivity contribution in [3.8, 4) is 10.6 Å².